The lowest BCUT2D eigenvalue weighted by Gasteiger charge is -2.33. The number of amides is 3. The van der Waals surface area contributed by atoms with Crippen LogP contribution in [-0.2, 0) is 25.5 Å². The van der Waals surface area contributed by atoms with E-state index in [1.54, 1.807) is 35.7 Å². The average molecular weight is 560 g/mol. The van der Waals surface area contributed by atoms with Crippen LogP contribution in [0.1, 0.15) is 33.0 Å². The summed E-state index contributed by atoms with van der Waals surface area (Å²) in [5.74, 6) is -4.72. The van der Waals surface area contributed by atoms with E-state index in [1.807, 2.05) is 0 Å². The zero-order valence-corrected chi connectivity index (χ0v) is 21.9. The van der Waals surface area contributed by atoms with Crippen molar-refractivity contribution >= 4 is 52.5 Å². The van der Waals surface area contributed by atoms with Crippen LogP contribution in [-0.4, -0.2) is 47.8 Å². The van der Waals surface area contributed by atoms with Crippen LogP contribution < -0.4 is 11.1 Å². The molecule has 0 spiro atoms. The molecule has 38 heavy (non-hydrogen) atoms. The van der Waals surface area contributed by atoms with Crippen LogP contribution in [0.3, 0.4) is 0 Å². The third kappa shape index (κ3) is 5.77. The molecule has 0 radical (unpaired) electrons. The number of anilines is 1. The largest absolute Gasteiger partial charge is 0.465 e. The Morgan fingerprint density at radius 2 is 1.82 bits per heavy atom. The van der Waals surface area contributed by atoms with Crippen molar-refractivity contribution in [2.75, 3.05) is 12.4 Å². The number of fused-ring (bicyclic) bond motifs is 1. The maximum atomic E-state index is 13.8. The van der Waals surface area contributed by atoms with E-state index in [1.165, 1.54) is 37.1 Å². The second-order valence-corrected chi connectivity index (χ2v) is 10.7. The minimum atomic E-state index is -1.40. The number of ether oxygens (including phenoxy) is 1. The van der Waals surface area contributed by atoms with Gasteiger partial charge in [-0.2, -0.15) is 0 Å². The molecule has 3 atom stereocenters. The van der Waals surface area contributed by atoms with Gasteiger partial charge < -0.3 is 15.8 Å². The highest BCUT2D eigenvalue weighted by Gasteiger charge is 2.44. The summed E-state index contributed by atoms with van der Waals surface area (Å²) in [7, 11) is 1.24. The number of halogens is 2. The van der Waals surface area contributed by atoms with Crippen LogP contribution in [0.4, 0.5) is 14.5 Å². The molecule has 2 heterocycles. The predicted molar refractivity (Wildman–Crippen MR) is 139 cm³/mol. The predicted octanol–water partition coefficient (Wildman–Crippen LogP) is 3.91. The molecule has 3 N–H and O–H groups in total. The number of carbonyl (C=O) groups excluding carboxylic acids is 4. The lowest BCUT2D eigenvalue weighted by molar-refractivity contribution is -0.151. The van der Waals surface area contributed by atoms with Crippen molar-refractivity contribution in [1.29, 1.82) is 0 Å². The molecule has 1 aliphatic heterocycles. The number of thioether (sulfide) groups is 1. The molecule has 0 aliphatic carbocycles. The van der Waals surface area contributed by atoms with Crippen LogP contribution >= 0.6 is 23.1 Å². The fraction of sp³-hybridized carbons (Fsp3) is 0.231. The van der Waals surface area contributed by atoms with Gasteiger partial charge in [0, 0.05) is 21.2 Å². The molecule has 1 aromatic heterocycles. The minimum Gasteiger partial charge on any atom is -0.465 e. The summed E-state index contributed by atoms with van der Waals surface area (Å²) in [6.07, 6.45) is -0.556. The number of carbonyl (C=O) groups is 4. The first-order chi connectivity index (χ1) is 18.1. The fourth-order valence-electron chi connectivity index (χ4n) is 4.02. The summed E-state index contributed by atoms with van der Waals surface area (Å²) in [6, 6.07) is 8.56. The van der Waals surface area contributed by atoms with Gasteiger partial charge in [-0.1, -0.05) is 12.1 Å². The number of hydrogen-bond acceptors (Lipinski definition) is 8. The normalized spacial score (nSPS) is 17.6. The Morgan fingerprint density at radius 3 is 2.47 bits per heavy atom. The summed E-state index contributed by atoms with van der Waals surface area (Å²) >= 11 is 2.39. The molecule has 3 aromatic rings. The zero-order valence-electron chi connectivity index (χ0n) is 20.3. The number of benzene rings is 2. The van der Waals surface area contributed by atoms with Crippen molar-refractivity contribution in [3.8, 4) is 0 Å². The molecule has 0 fully saturated rings. The number of esters is 1. The van der Waals surface area contributed by atoms with Gasteiger partial charge in [0.2, 0.25) is 17.7 Å². The monoisotopic (exact) mass is 559 g/mol. The molecule has 8 nitrogen and oxygen atoms in total. The van der Waals surface area contributed by atoms with Crippen LogP contribution in [0.2, 0.25) is 0 Å². The standard InChI is InChI=1S/C26H23F2N3O5S2/c1-13(29)25(34)31(21(32)9-14-7-16(27)11-17(28)8-14)22-23(20-10-15(12-37-20)26(35)36-2)38-19-6-4-3-5-18(19)30-24(22)33/h3-8,10-13,22-23H,9,29H2,1-2H3,(H,30,33)/t13-,22-,23+/m0/s1. The van der Waals surface area contributed by atoms with Crippen molar-refractivity contribution in [2.45, 2.75) is 35.6 Å². The third-order valence-electron chi connectivity index (χ3n) is 5.73. The molecule has 2 aromatic carbocycles. The van der Waals surface area contributed by atoms with Crippen molar-refractivity contribution in [1.82, 2.24) is 4.90 Å². The van der Waals surface area contributed by atoms with Crippen molar-refractivity contribution < 1.29 is 32.7 Å². The number of nitrogens with one attached hydrogen (secondary N) is 1. The number of rotatable bonds is 6. The molecular weight excluding hydrogens is 536 g/mol. The number of imide groups is 1. The molecule has 1 aliphatic rings. The quantitative estimate of drug-likeness (QED) is 0.440. The highest BCUT2D eigenvalue weighted by molar-refractivity contribution is 8.00. The third-order valence-corrected chi connectivity index (χ3v) is 8.27. The van der Waals surface area contributed by atoms with Crippen LogP contribution in [0.25, 0.3) is 0 Å². The van der Waals surface area contributed by atoms with E-state index in [2.05, 4.69) is 5.32 Å². The van der Waals surface area contributed by atoms with Crippen LogP contribution in [0.15, 0.2) is 58.8 Å². The topological polar surface area (TPSA) is 119 Å². The van der Waals surface area contributed by atoms with E-state index in [9.17, 15) is 28.0 Å². The van der Waals surface area contributed by atoms with Gasteiger partial charge in [-0.25, -0.2) is 13.6 Å². The van der Waals surface area contributed by atoms with Gasteiger partial charge >= 0.3 is 5.97 Å². The first kappa shape index (κ1) is 27.4. The molecule has 0 saturated carbocycles. The van der Waals surface area contributed by atoms with E-state index in [4.69, 9.17) is 10.5 Å². The highest BCUT2D eigenvalue weighted by Crippen LogP contribution is 2.47. The van der Waals surface area contributed by atoms with Crippen molar-refractivity contribution in [3.05, 3.63) is 81.5 Å². The fourth-order valence-corrected chi connectivity index (χ4v) is 6.45. The number of methoxy groups -OCH3 is 1. The Labute approximate surface area is 225 Å². The number of nitrogens with zero attached hydrogens (tertiary/aromatic N) is 1. The van der Waals surface area contributed by atoms with Gasteiger partial charge in [0.05, 0.1) is 36.1 Å². The Hall–Kier alpha value is -3.61. The molecular formula is C26H23F2N3O5S2. The molecule has 0 saturated heterocycles. The Kier molecular flexibility index (Phi) is 8.24. The summed E-state index contributed by atoms with van der Waals surface area (Å²) in [4.78, 5) is 54.7. The lowest BCUT2D eigenvalue weighted by atomic mass is 10.0. The lowest BCUT2D eigenvalue weighted by Crippen LogP contribution is -2.56. The first-order valence-electron chi connectivity index (χ1n) is 11.4. The first-order valence-corrected chi connectivity index (χ1v) is 13.1. The maximum Gasteiger partial charge on any atom is 0.338 e. The van der Waals surface area contributed by atoms with Gasteiger partial charge in [0.25, 0.3) is 0 Å². The average Bonchev–Trinajstić information content (AvgIpc) is 3.30. The molecule has 12 heteroatoms. The number of thiophene rings is 1. The van der Waals surface area contributed by atoms with Gasteiger partial charge in [-0.15, -0.1) is 23.1 Å². The van der Waals surface area contributed by atoms with E-state index in [-0.39, 0.29) is 11.1 Å². The Balaban J connectivity index is 1.82. The second-order valence-electron chi connectivity index (χ2n) is 8.54. The van der Waals surface area contributed by atoms with Crippen LogP contribution in [0, 0.1) is 11.6 Å². The summed E-state index contributed by atoms with van der Waals surface area (Å²) in [5, 5.41) is 3.49. The molecule has 0 bridgehead atoms. The number of para-hydroxylation sites is 1. The smallest absolute Gasteiger partial charge is 0.338 e. The molecule has 0 unspecified atom stereocenters. The van der Waals surface area contributed by atoms with Gasteiger partial charge in [0.1, 0.15) is 17.7 Å². The molecule has 198 valence electrons. The van der Waals surface area contributed by atoms with Gasteiger partial charge in [-0.05, 0) is 42.8 Å². The highest BCUT2D eigenvalue weighted by atomic mass is 32.2. The van der Waals surface area contributed by atoms with E-state index >= 15 is 0 Å². The zero-order chi connectivity index (χ0) is 27.6. The SMILES string of the molecule is COC(=O)c1csc([C@H]2Sc3ccccc3NC(=O)[C@H]2N(C(=O)Cc2cc(F)cc(F)c2)C(=O)[C@H](C)N)c1. The minimum absolute atomic E-state index is 0.0133. The summed E-state index contributed by atoms with van der Waals surface area (Å²) in [5.41, 5.74) is 6.59. The van der Waals surface area contributed by atoms with Crippen LogP contribution in [0.5, 0.6) is 0 Å². The van der Waals surface area contributed by atoms with Crippen molar-refractivity contribution in [3.63, 3.8) is 0 Å². The number of hydrogen-bond donors (Lipinski definition) is 2. The van der Waals surface area contributed by atoms with E-state index < -0.39 is 59.1 Å². The summed E-state index contributed by atoms with van der Waals surface area (Å²) < 4.78 is 32.4. The van der Waals surface area contributed by atoms with Gasteiger partial charge in [-0.3, -0.25) is 19.3 Å². The maximum absolute atomic E-state index is 13.8. The van der Waals surface area contributed by atoms with E-state index in [0.29, 0.717) is 21.5 Å². The second kappa shape index (κ2) is 11.4. The molecule has 3 amide bonds. The summed E-state index contributed by atoms with van der Waals surface area (Å²) in [6.45, 7) is 1.37. The molecule has 4 rings (SSSR count). The Bertz CT molecular complexity index is 1390. The van der Waals surface area contributed by atoms with Gasteiger partial charge in [0.15, 0.2) is 0 Å². The van der Waals surface area contributed by atoms with Crippen molar-refractivity contribution in [2.24, 2.45) is 5.73 Å². The number of nitrogens with two attached hydrogens (primary N) is 1. The Morgan fingerprint density at radius 1 is 1.13 bits per heavy atom. The van der Waals surface area contributed by atoms with E-state index in [0.717, 1.165) is 17.0 Å².